The number of carbonyl (C=O) groups is 1. The van der Waals surface area contributed by atoms with Crippen LogP contribution in [0.3, 0.4) is 0 Å². The fourth-order valence-corrected chi connectivity index (χ4v) is 2.91. The van der Waals surface area contributed by atoms with Crippen LogP contribution in [0, 0.1) is 5.92 Å². The first-order valence-electron chi connectivity index (χ1n) is 8.25. The van der Waals surface area contributed by atoms with Crippen molar-refractivity contribution in [1.29, 1.82) is 0 Å². The molecule has 0 spiro atoms. The molecule has 1 aliphatic rings. The van der Waals surface area contributed by atoms with Gasteiger partial charge in [0.15, 0.2) is 5.65 Å². The van der Waals surface area contributed by atoms with Gasteiger partial charge in [-0.2, -0.15) is 5.10 Å². The zero-order chi connectivity index (χ0) is 18.8. The van der Waals surface area contributed by atoms with Crippen molar-refractivity contribution in [2.45, 2.75) is 19.3 Å². The fraction of sp³-hybridized carbons (Fsp3) is 0.353. The third kappa shape index (κ3) is 3.15. The molecule has 1 amide bonds. The van der Waals surface area contributed by atoms with Crippen molar-refractivity contribution < 1.29 is 4.79 Å². The molecule has 0 aliphatic heterocycles. The summed E-state index contributed by atoms with van der Waals surface area (Å²) >= 11 is 0. The van der Waals surface area contributed by atoms with Crippen molar-refractivity contribution in [3.8, 4) is 0 Å². The van der Waals surface area contributed by atoms with Crippen molar-refractivity contribution in [2.75, 3.05) is 5.73 Å². The van der Waals surface area contributed by atoms with Crippen LogP contribution < -0.4 is 22.4 Å². The van der Waals surface area contributed by atoms with Gasteiger partial charge in [-0.1, -0.05) is 12.2 Å². The average molecular weight is 356 g/mol. The molecular weight excluding hydrogens is 336 g/mol. The molecular formula is C17H20N6O3. The van der Waals surface area contributed by atoms with Crippen molar-refractivity contribution in [3.63, 3.8) is 0 Å². The number of nitrogens with one attached hydrogen (secondary N) is 1. The molecule has 0 fully saturated rings. The van der Waals surface area contributed by atoms with Crippen molar-refractivity contribution in [1.82, 2.24) is 19.5 Å². The summed E-state index contributed by atoms with van der Waals surface area (Å²) < 4.78 is 2.17. The number of amides is 1. The predicted molar refractivity (Wildman–Crippen MR) is 99.1 cm³/mol. The third-order valence-electron chi connectivity index (χ3n) is 4.46. The van der Waals surface area contributed by atoms with Crippen LogP contribution in [-0.2, 0) is 14.1 Å². The van der Waals surface area contributed by atoms with Crippen LogP contribution in [0.1, 0.15) is 29.6 Å². The number of nitrogens with two attached hydrogens (primary N) is 1. The van der Waals surface area contributed by atoms with Crippen LogP contribution in [0.5, 0.6) is 0 Å². The zero-order valence-electron chi connectivity index (χ0n) is 14.6. The van der Waals surface area contributed by atoms with E-state index < -0.39 is 17.2 Å². The number of nitrogens with zero attached hydrogens (tertiary/aromatic N) is 4. The topological polar surface area (TPSA) is 124 Å². The maximum Gasteiger partial charge on any atom is 0.332 e. The SMILES string of the molecule is Cn1c(=O)c2cc(C(=O)NN=CC3CC=CCC3)c(N)nc2n(C)c1=O. The number of fused-ring (bicyclic) bond motifs is 1. The second kappa shape index (κ2) is 6.95. The van der Waals surface area contributed by atoms with Gasteiger partial charge >= 0.3 is 5.69 Å². The maximum absolute atomic E-state index is 12.4. The second-order valence-electron chi connectivity index (χ2n) is 6.26. The van der Waals surface area contributed by atoms with Crippen LogP contribution in [0.4, 0.5) is 5.82 Å². The Hall–Kier alpha value is -3.23. The van der Waals surface area contributed by atoms with Crippen molar-refractivity contribution >= 4 is 29.0 Å². The summed E-state index contributed by atoms with van der Waals surface area (Å²) in [6, 6.07) is 1.34. The van der Waals surface area contributed by atoms with Gasteiger partial charge in [0, 0.05) is 20.3 Å². The monoisotopic (exact) mass is 356 g/mol. The summed E-state index contributed by atoms with van der Waals surface area (Å²) in [5.41, 5.74) is 7.38. The molecule has 1 unspecified atom stereocenters. The third-order valence-corrected chi connectivity index (χ3v) is 4.46. The molecule has 9 heteroatoms. The summed E-state index contributed by atoms with van der Waals surface area (Å²) in [6.07, 6.45) is 8.79. The number of carbonyl (C=O) groups excluding carboxylic acids is 1. The Balaban J connectivity index is 1.92. The second-order valence-corrected chi connectivity index (χ2v) is 6.26. The Morgan fingerprint density at radius 2 is 2.12 bits per heavy atom. The van der Waals surface area contributed by atoms with Crippen LogP contribution in [-0.4, -0.2) is 26.2 Å². The number of hydrogen-bond donors (Lipinski definition) is 2. The van der Waals surface area contributed by atoms with Crippen molar-refractivity contribution in [3.05, 3.63) is 44.6 Å². The molecule has 2 heterocycles. The highest BCUT2D eigenvalue weighted by Gasteiger charge is 2.17. The Morgan fingerprint density at radius 3 is 2.81 bits per heavy atom. The number of hydrogen-bond acceptors (Lipinski definition) is 6. The van der Waals surface area contributed by atoms with E-state index in [0.29, 0.717) is 0 Å². The lowest BCUT2D eigenvalue weighted by Crippen LogP contribution is -2.37. The minimum atomic E-state index is -0.560. The molecule has 0 saturated heterocycles. The van der Waals surface area contributed by atoms with Gasteiger partial charge in [0.05, 0.1) is 10.9 Å². The molecule has 3 rings (SSSR count). The number of allylic oxidation sites excluding steroid dienone is 2. The van der Waals surface area contributed by atoms with Gasteiger partial charge in [-0.25, -0.2) is 15.2 Å². The molecule has 0 radical (unpaired) electrons. The summed E-state index contributed by atoms with van der Waals surface area (Å²) in [5.74, 6) is -0.348. The number of rotatable bonds is 3. The van der Waals surface area contributed by atoms with E-state index in [4.69, 9.17) is 5.73 Å². The lowest BCUT2D eigenvalue weighted by molar-refractivity contribution is 0.0955. The van der Waals surface area contributed by atoms with Crippen LogP contribution in [0.2, 0.25) is 0 Å². The highest BCUT2D eigenvalue weighted by Crippen LogP contribution is 2.16. The number of pyridine rings is 1. The lowest BCUT2D eigenvalue weighted by atomic mass is 9.96. The van der Waals surface area contributed by atoms with Gasteiger partial charge in [-0.15, -0.1) is 0 Å². The van der Waals surface area contributed by atoms with E-state index >= 15 is 0 Å². The van der Waals surface area contributed by atoms with Gasteiger partial charge in [0.2, 0.25) is 0 Å². The molecule has 9 nitrogen and oxygen atoms in total. The van der Waals surface area contributed by atoms with E-state index in [9.17, 15) is 14.4 Å². The molecule has 0 aromatic carbocycles. The number of hydrazone groups is 1. The normalized spacial score (nSPS) is 17.1. The van der Waals surface area contributed by atoms with Gasteiger partial charge < -0.3 is 5.73 Å². The molecule has 26 heavy (non-hydrogen) atoms. The van der Waals surface area contributed by atoms with E-state index in [1.807, 2.05) is 0 Å². The van der Waals surface area contributed by atoms with Gasteiger partial charge in [0.25, 0.3) is 11.5 Å². The van der Waals surface area contributed by atoms with Gasteiger partial charge in [-0.05, 0) is 31.2 Å². The van der Waals surface area contributed by atoms with E-state index in [2.05, 4.69) is 27.7 Å². The molecule has 1 aliphatic carbocycles. The smallest absolute Gasteiger partial charge is 0.332 e. The molecule has 2 aromatic heterocycles. The summed E-state index contributed by atoms with van der Waals surface area (Å²) in [5, 5.41) is 4.12. The summed E-state index contributed by atoms with van der Waals surface area (Å²) in [7, 11) is 2.85. The van der Waals surface area contributed by atoms with Crippen molar-refractivity contribution in [2.24, 2.45) is 25.1 Å². The highest BCUT2D eigenvalue weighted by molar-refractivity contribution is 6.01. The van der Waals surface area contributed by atoms with E-state index in [1.54, 1.807) is 6.21 Å². The Labute approximate surface area is 148 Å². The largest absolute Gasteiger partial charge is 0.383 e. The maximum atomic E-state index is 12.4. The predicted octanol–water partition coefficient (Wildman–Crippen LogP) is 0.286. The number of anilines is 1. The standard InChI is InChI=1S/C17H20N6O3/c1-22-14-12(16(25)23(2)17(22)26)8-11(13(18)20-14)15(24)21-19-9-10-6-4-3-5-7-10/h3-4,8-10H,5-7H2,1-2H3,(H2,18,20)(H,21,24). The average Bonchev–Trinajstić information content (AvgIpc) is 2.65. The molecule has 0 bridgehead atoms. The first-order valence-corrected chi connectivity index (χ1v) is 8.25. The number of aryl methyl sites for hydroxylation is 1. The van der Waals surface area contributed by atoms with E-state index in [1.165, 1.54) is 24.7 Å². The molecule has 2 aromatic rings. The first kappa shape index (κ1) is 17.6. The van der Waals surface area contributed by atoms with Crippen LogP contribution >= 0.6 is 0 Å². The summed E-state index contributed by atoms with van der Waals surface area (Å²) in [4.78, 5) is 40.7. The van der Waals surface area contributed by atoms with E-state index in [0.717, 1.165) is 23.8 Å². The minimum absolute atomic E-state index is 0.0361. The van der Waals surface area contributed by atoms with E-state index in [-0.39, 0.29) is 28.3 Å². The minimum Gasteiger partial charge on any atom is -0.383 e. The molecule has 3 N–H and O–H groups in total. The number of nitrogen functional groups attached to an aromatic ring is 1. The van der Waals surface area contributed by atoms with Crippen LogP contribution in [0.25, 0.3) is 11.0 Å². The Bertz CT molecular complexity index is 1050. The number of aromatic nitrogens is 3. The Morgan fingerprint density at radius 1 is 1.35 bits per heavy atom. The van der Waals surface area contributed by atoms with Crippen LogP contribution in [0.15, 0.2) is 32.9 Å². The zero-order valence-corrected chi connectivity index (χ0v) is 14.6. The molecule has 0 saturated carbocycles. The van der Waals surface area contributed by atoms with Gasteiger partial charge in [0.1, 0.15) is 5.82 Å². The molecule has 136 valence electrons. The lowest BCUT2D eigenvalue weighted by Gasteiger charge is -2.12. The first-order chi connectivity index (χ1) is 12.4. The summed E-state index contributed by atoms with van der Waals surface area (Å²) in [6.45, 7) is 0. The fourth-order valence-electron chi connectivity index (χ4n) is 2.91. The highest BCUT2D eigenvalue weighted by atomic mass is 16.2. The quantitative estimate of drug-likeness (QED) is 0.464. The Kier molecular flexibility index (Phi) is 4.70. The van der Waals surface area contributed by atoms with Gasteiger partial charge in [-0.3, -0.25) is 18.7 Å². The molecule has 1 atom stereocenters.